The third kappa shape index (κ3) is 4.05. The minimum atomic E-state index is -0.444. The summed E-state index contributed by atoms with van der Waals surface area (Å²) in [5.74, 6) is -0.860. The summed E-state index contributed by atoms with van der Waals surface area (Å²) in [6.45, 7) is 8.36. The molecule has 0 bridgehead atoms. The van der Waals surface area contributed by atoms with Gasteiger partial charge in [0, 0.05) is 11.1 Å². The number of fused-ring (bicyclic) bond motifs is 1. The summed E-state index contributed by atoms with van der Waals surface area (Å²) >= 11 is 7.69. The molecule has 0 fully saturated rings. The number of rotatable bonds is 4. The average molecular weight is 452 g/mol. The molecule has 5 nitrogen and oxygen atoms in total. The highest BCUT2D eigenvalue weighted by Gasteiger charge is 2.40. The van der Waals surface area contributed by atoms with Crippen molar-refractivity contribution >= 4 is 46.7 Å². The number of aryl methyl sites for hydroxylation is 1. The number of anilines is 2. The van der Waals surface area contributed by atoms with Crippen molar-refractivity contribution in [2.24, 2.45) is 0 Å². The van der Waals surface area contributed by atoms with Crippen LogP contribution in [-0.2, 0) is 5.41 Å². The van der Waals surface area contributed by atoms with Crippen LogP contribution in [-0.4, -0.2) is 16.8 Å². The van der Waals surface area contributed by atoms with E-state index < -0.39 is 11.8 Å². The molecule has 2 amide bonds. The normalized spacial score (nSPS) is 13.5. The summed E-state index contributed by atoms with van der Waals surface area (Å²) in [5.41, 5.74) is 3.64. The zero-order chi connectivity index (χ0) is 22.3. The predicted octanol–water partition coefficient (Wildman–Crippen LogP) is 6.26. The van der Waals surface area contributed by atoms with Gasteiger partial charge in [0.05, 0.1) is 33.7 Å². The lowest BCUT2D eigenvalue weighted by Crippen LogP contribution is -2.29. The summed E-state index contributed by atoms with van der Waals surface area (Å²) in [4.78, 5) is 32.5. The molecule has 0 atom stereocenters. The summed E-state index contributed by atoms with van der Waals surface area (Å²) in [5, 5.41) is 0.251. The number of halogens is 1. The molecule has 0 saturated carbocycles. The van der Waals surface area contributed by atoms with Gasteiger partial charge >= 0.3 is 0 Å². The number of carbonyl (C=O) groups excluding carboxylic acids is 2. The van der Waals surface area contributed by atoms with E-state index in [0.717, 1.165) is 15.4 Å². The molecule has 0 saturated heterocycles. The Hall–Kier alpha value is -2.83. The molecule has 1 aliphatic heterocycles. The standard InChI is InChI=1S/C24H22ClN3O2S/c1-14-11-16(13-26-12-14)28-22(29)20-18(25)9-10-19(21(20)23(28)30)27-31-17-7-5-15(6-8-17)24(2,3)4/h5-13,27H,1-4H3. The molecular formula is C24H22ClN3O2S. The maximum atomic E-state index is 13.2. The quantitative estimate of drug-likeness (QED) is 0.374. The molecule has 0 spiro atoms. The summed E-state index contributed by atoms with van der Waals surface area (Å²) in [6, 6.07) is 13.4. The molecular weight excluding hydrogens is 430 g/mol. The molecule has 1 aliphatic rings. The zero-order valence-corrected chi connectivity index (χ0v) is 19.3. The molecule has 3 aromatic rings. The summed E-state index contributed by atoms with van der Waals surface area (Å²) in [6.07, 6.45) is 3.17. The van der Waals surface area contributed by atoms with Gasteiger partial charge in [0.1, 0.15) is 0 Å². The van der Waals surface area contributed by atoms with Crippen molar-refractivity contribution in [3.63, 3.8) is 0 Å². The number of imide groups is 1. The van der Waals surface area contributed by atoms with Gasteiger partial charge in [0.2, 0.25) is 0 Å². The maximum Gasteiger partial charge on any atom is 0.268 e. The number of amides is 2. The highest BCUT2D eigenvalue weighted by molar-refractivity contribution is 8.00. The van der Waals surface area contributed by atoms with E-state index in [4.69, 9.17) is 11.6 Å². The Morgan fingerprint density at radius 2 is 1.65 bits per heavy atom. The Morgan fingerprint density at radius 3 is 2.29 bits per heavy atom. The lowest BCUT2D eigenvalue weighted by Gasteiger charge is -2.19. The number of nitrogens with one attached hydrogen (secondary N) is 1. The summed E-state index contributed by atoms with van der Waals surface area (Å²) < 4.78 is 3.22. The van der Waals surface area contributed by atoms with Gasteiger partial charge in [-0.25, -0.2) is 4.90 Å². The number of carbonyl (C=O) groups is 2. The van der Waals surface area contributed by atoms with E-state index in [1.54, 1.807) is 24.4 Å². The molecule has 7 heteroatoms. The molecule has 1 aromatic heterocycles. The molecule has 0 unspecified atom stereocenters. The van der Waals surface area contributed by atoms with E-state index in [1.165, 1.54) is 23.7 Å². The molecule has 31 heavy (non-hydrogen) atoms. The van der Waals surface area contributed by atoms with E-state index in [2.05, 4.69) is 42.6 Å². The van der Waals surface area contributed by atoms with E-state index in [9.17, 15) is 9.59 Å². The monoisotopic (exact) mass is 451 g/mol. The van der Waals surface area contributed by atoms with Crippen molar-refractivity contribution in [1.82, 2.24) is 4.98 Å². The van der Waals surface area contributed by atoms with Crippen LogP contribution in [0.5, 0.6) is 0 Å². The lowest BCUT2D eigenvalue weighted by atomic mass is 9.87. The molecule has 158 valence electrons. The Bertz CT molecular complexity index is 1190. The fourth-order valence-electron chi connectivity index (χ4n) is 3.44. The average Bonchev–Trinajstić information content (AvgIpc) is 2.99. The van der Waals surface area contributed by atoms with Crippen LogP contribution in [0.3, 0.4) is 0 Å². The van der Waals surface area contributed by atoms with Gasteiger partial charge in [0.15, 0.2) is 0 Å². The number of benzene rings is 2. The fraction of sp³-hybridized carbons (Fsp3) is 0.208. The molecule has 0 aliphatic carbocycles. The number of hydrogen-bond donors (Lipinski definition) is 1. The van der Waals surface area contributed by atoms with Gasteiger partial charge in [-0.1, -0.05) is 44.5 Å². The summed E-state index contributed by atoms with van der Waals surface area (Å²) in [7, 11) is 0. The van der Waals surface area contributed by atoms with Crippen molar-refractivity contribution in [3.8, 4) is 0 Å². The predicted molar refractivity (Wildman–Crippen MR) is 126 cm³/mol. The van der Waals surface area contributed by atoms with Crippen LogP contribution in [0, 0.1) is 6.92 Å². The van der Waals surface area contributed by atoms with Crippen LogP contribution in [0.15, 0.2) is 59.8 Å². The largest absolute Gasteiger partial charge is 0.325 e. The first-order valence-electron chi connectivity index (χ1n) is 9.83. The highest BCUT2D eigenvalue weighted by Crippen LogP contribution is 2.38. The first kappa shape index (κ1) is 21.4. The topological polar surface area (TPSA) is 62.3 Å². The Balaban J connectivity index is 1.63. The Morgan fingerprint density at radius 1 is 0.968 bits per heavy atom. The minimum Gasteiger partial charge on any atom is -0.325 e. The van der Waals surface area contributed by atoms with Crippen LogP contribution < -0.4 is 9.62 Å². The number of nitrogens with zero attached hydrogens (tertiary/aromatic N) is 2. The van der Waals surface area contributed by atoms with Crippen molar-refractivity contribution in [3.05, 3.63) is 82.1 Å². The van der Waals surface area contributed by atoms with Gasteiger partial charge < -0.3 is 4.72 Å². The highest BCUT2D eigenvalue weighted by atomic mass is 35.5. The van der Waals surface area contributed by atoms with E-state index >= 15 is 0 Å². The first-order valence-corrected chi connectivity index (χ1v) is 11.0. The van der Waals surface area contributed by atoms with Crippen LogP contribution in [0.4, 0.5) is 11.4 Å². The van der Waals surface area contributed by atoms with Gasteiger partial charge in [0.25, 0.3) is 11.8 Å². The third-order valence-corrected chi connectivity index (χ3v) is 6.25. The number of hydrogen-bond acceptors (Lipinski definition) is 5. The third-order valence-electron chi connectivity index (χ3n) is 5.11. The van der Waals surface area contributed by atoms with E-state index in [0.29, 0.717) is 11.4 Å². The molecule has 1 N–H and O–H groups in total. The van der Waals surface area contributed by atoms with Crippen molar-refractivity contribution < 1.29 is 9.59 Å². The SMILES string of the molecule is Cc1cncc(N2C(=O)c3c(Cl)ccc(NSc4ccc(C(C)(C)C)cc4)c3C2=O)c1. The second-order valence-corrected chi connectivity index (χ2v) is 9.78. The Kier molecular flexibility index (Phi) is 5.54. The van der Waals surface area contributed by atoms with Crippen molar-refractivity contribution in [2.75, 3.05) is 9.62 Å². The van der Waals surface area contributed by atoms with Crippen LogP contribution in [0.2, 0.25) is 5.02 Å². The second-order valence-electron chi connectivity index (χ2n) is 8.49. The van der Waals surface area contributed by atoms with Gasteiger partial charge in [-0.2, -0.15) is 0 Å². The van der Waals surface area contributed by atoms with Crippen molar-refractivity contribution in [2.45, 2.75) is 38.0 Å². The Labute approximate surface area is 191 Å². The molecule has 2 aromatic carbocycles. The fourth-order valence-corrected chi connectivity index (χ4v) is 4.35. The first-order chi connectivity index (χ1) is 14.7. The maximum absolute atomic E-state index is 13.2. The van der Waals surface area contributed by atoms with Gasteiger partial charge in [-0.05, 0) is 65.7 Å². The number of aromatic nitrogens is 1. The van der Waals surface area contributed by atoms with Crippen molar-refractivity contribution in [1.29, 1.82) is 0 Å². The smallest absolute Gasteiger partial charge is 0.268 e. The van der Waals surface area contributed by atoms with Crippen LogP contribution in [0.1, 0.15) is 52.6 Å². The van der Waals surface area contributed by atoms with Gasteiger partial charge in [-0.3, -0.25) is 14.6 Å². The zero-order valence-electron chi connectivity index (χ0n) is 17.7. The van der Waals surface area contributed by atoms with E-state index in [-0.39, 0.29) is 21.6 Å². The second kappa shape index (κ2) is 8.02. The van der Waals surface area contributed by atoms with Crippen LogP contribution in [0.25, 0.3) is 0 Å². The van der Waals surface area contributed by atoms with E-state index in [1.807, 2.05) is 19.1 Å². The lowest BCUT2D eigenvalue weighted by molar-refractivity contribution is 0.0926. The minimum absolute atomic E-state index is 0.0779. The number of pyridine rings is 1. The van der Waals surface area contributed by atoms with Crippen LogP contribution >= 0.6 is 23.5 Å². The molecule has 2 heterocycles. The molecule has 4 rings (SSSR count). The molecule has 0 radical (unpaired) electrons. The van der Waals surface area contributed by atoms with Gasteiger partial charge in [-0.15, -0.1) is 0 Å².